The van der Waals surface area contributed by atoms with Crippen molar-refractivity contribution in [1.29, 1.82) is 0 Å². The number of aromatic carboxylic acids is 1. The Hall–Kier alpha value is -3.12. The van der Waals surface area contributed by atoms with Gasteiger partial charge in [0.2, 0.25) is 0 Å². The van der Waals surface area contributed by atoms with Gasteiger partial charge in [0.25, 0.3) is 10.0 Å². The van der Waals surface area contributed by atoms with E-state index in [2.05, 4.69) is 4.72 Å². The third kappa shape index (κ3) is 4.70. The van der Waals surface area contributed by atoms with Crippen molar-refractivity contribution < 1.29 is 18.3 Å². The highest BCUT2D eigenvalue weighted by Crippen LogP contribution is 2.31. The SMILES string of the molecule is Cc1c(C)c(C)c(S(=O)(=O)Nc2ccccc2CCc2ccc(C(=O)O)cc2)c(C)c1C. The zero-order valence-electron chi connectivity index (χ0n) is 19.1. The number of nitrogens with one attached hydrogen (secondary N) is 1. The molecule has 0 unspecified atom stereocenters. The van der Waals surface area contributed by atoms with E-state index >= 15 is 0 Å². The largest absolute Gasteiger partial charge is 0.478 e. The Morgan fingerprint density at radius 2 is 1.31 bits per heavy atom. The van der Waals surface area contributed by atoms with Crippen molar-refractivity contribution >= 4 is 21.7 Å². The number of hydrogen-bond donors (Lipinski definition) is 2. The van der Waals surface area contributed by atoms with Gasteiger partial charge in [0.05, 0.1) is 16.1 Å². The maximum absolute atomic E-state index is 13.4. The molecule has 0 spiro atoms. The predicted octanol–water partition coefficient (Wildman–Crippen LogP) is 5.51. The molecule has 0 fully saturated rings. The van der Waals surface area contributed by atoms with Crippen molar-refractivity contribution in [1.82, 2.24) is 0 Å². The van der Waals surface area contributed by atoms with E-state index in [1.54, 1.807) is 30.3 Å². The molecule has 0 atom stereocenters. The average molecular weight is 452 g/mol. The number of anilines is 1. The summed E-state index contributed by atoms with van der Waals surface area (Å²) >= 11 is 0. The lowest BCUT2D eigenvalue weighted by atomic mass is 9.95. The fourth-order valence-corrected chi connectivity index (χ4v) is 5.70. The van der Waals surface area contributed by atoms with Gasteiger partial charge in [-0.2, -0.15) is 0 Å². The molecule has 0 aliphatic heterocycles. The van der Waals surface area contributed by atoms with Gasteiger partial charge in [-0.1, -0.05) is 30.3 Å². The fraction of sp³-hybridized carbons (Fsp3) is 0.269. The molecule has 3 aromatic carbocycles. The zero-order chi connectivity index (χ0) is 23.6. The third-order valence-electron chi connectivity index (χ3n) is 6.35. The molecular weight excluding hydrogens is 422 g/mol. The Morgan fingerprint density at radius 1 is 0.781 bits per heavy atom. The van der Waals surface area contributed by atoms with Gasteiger partial charge in [-0.05, 0) is 105 Å². The molecule has 6 heteroatoms. The molecule has 0 amide bonds. The van der Waals surface area contributed by atoms with Gasteiger partial charge in [0, 0.05) is 0 Å². The highest BCUT2D eigenvalue weighted by molar-refractivity contribution is 7.92. The molecule has 0 saturated carbocycles. The lowest BCUT2D eigenvalue weighted by Gasteiger charge is -2.20. The molecule has 0 aromatic heterocycles. The summed E-state index contributed by atoms with van der Waals surface area (Å²) in [7, 11) is -3.77. The van der Waals surface area contributed by atoms with E-state index in [9.17, 15) is 13.2 Å². The van der Waals surface area contributed by atoms with Gasteiger partial charge in [0.15, 0.2) is 0 Å². The standard InChI is InChI=1S/C26H29NO4S/c1-16-17(2)19(4)25(20(5)18(16)3)32(30,31)27-24-9-7-6-8-22(24)13-10-21-11-14-23(15-12-21)26(28)29/h6-9,11-12,14-15,27H,10,13H2,1-5H3,(H,28,29). The third-order valence-corrected chi connectivity index (χ3v) is 7.98. The minimum absolute atomic E-state index is 0.247. The first kappa shape index (κ1) is 23.5. The minimum atomic E-state index is -3.77. The molecular formula is C26H29NO4S. The number of aryl methyl sites for hydroxylation is 2. The second kappa shape index (κ2) is 9.17. The van der Waals surface area contributed by atoms with E-state index in [1.165, 1.54) is 0 Å². The van der Waals surface area contributed by atoms with Crippen LogP contribution in [0.5, 0.6) is 0 Å². The quantitative estimate of drug-likeness (QED) is 0.496. The molecule has 5 nitrogen and oxygen atoms in total. The normalized spacial score (nSPS) is 11.4. The number of carboxylic acid groups (broad SMARTS) is 1. The lowest BCUT2D eigenvalue weighted by Crippen LogP contribution is -2.18. The van der Waals surface area contributed by atoms with Crippen molar-refractivity contribution in [3.05, 3.63) is 93.0 Å². The lowest BCUT2D eigenvalue weighted by molar-refractivity contribution is 0.0697. The van der Waals surface area contributed by atoms with E-state index in [0.29, 0.717) is 23.4 Å². The molecule has 168 valence electrons. The maximum atomic E-state index is 13.4. The van der Waals surface area contributed by atoms with E-state index in [0.717, 1.165) is 38.9 Å². The molecule has 0 aliphatic carbocycles. The van der Waals surface area contributed by atoms with Gasteiger partial charge < -0.3 is 5.11 Å². The summed E-state index contributed by atoms with van der Waals surface area (Å²) in [5.74, 6) is -0.955. The molecule has 3 rings (SSSR count). The van der Waals surface area contributed by atoms with Crippen LogP contribution in [0.4, 0.5) is 5.69 Å². The van der Waals surface area contributed by atoms with Gasteiger partial charge in [0.1, 0.15) is 0 Å². The molecule has 3 aromatic rings. The summed E-state index contributed by atoms with van der Waals surface area (Å²) in [6.07, 6.45) is 1.29. The first-order valence-electron chi connectivity index (χ1n) is 10.5. The summed E-state index contributed by atoms with van der Waals surface area (Å²) in [6.45, 7) is 9.65. The maximum Gasteiger partial charge on any atom is 0.335 e. The molecule has 32 heavy (non-hydrogen) atoms. The summed E-state index contributed by atoms with van der Waals surface area (Å²) in [5.41, 5.74) is 7.33. The number of para-hydroxylation sites is 1. The summed E-state index contributed by atoms with van der Waals surface area (Å²) < 4.78 is 29.7. The summed E-state index contributed by atoms with van der Waals surface area (Å²) in [6, 6.07) is 14.1. The van der Waals surface area contributed by atoms with E-state index in [1.807, 2.05) is 52.8 Å². The van der Waals surface area contributed by atoms with Crippen molar-refractivity contribution in [2.24, 2.45) is 0 Å². The Kier molecular flexibility index (Phi) is 6.74. The number of carbonyl (C=O) groups is 1. The predicted molar refractivity (Wildman–Crippen MR) is 128 cm³/mol. The first-order chi connectivity index (χ1) is 15.0. The molecule has 2 N–H and O–H groups in total. The van der Waals surface area contributed by atoms with Gasteiger partial charge in [-0.15, -0.1) is 0 Å². The van der Waals surface area contributed by atoms with Crippen LogP contribution in [-0.2, 0) is 22.9 Å². The van der Waals surface area contributed by atoms with Crippen LogP contribution in [0.15, 0.2) is 53.4 Å². The van der Waals surface area contributed by atoms with Crippen LogP contribution in [0, 0.1) is 34.6 Å². The highest BCUT2D eigenvalue weighted by atomic mass is 32.2. The van der Waals surface area contributed by atoms with Gasteiger partial charge >= 0.3 is 5.97 Å². The zero-order valence-corrected chi connectivity index (χ0v) is 19.9. The molecule has 0 saturated heterocycles. The highest BCUT2D eigenvalue weighted by Gasteiger charge is 2.24. The van der Waals surface area contributed by atoms with Crippen molar-refractivity contribution in [2.45, 2.75) is 52.4 Å². The monoisotopic (exact) mass is 451 g/mol. The minimum Gasteiger partial charge on any atom is -0.478 e. The van der Waals surface area contributed by atoms with Crippen molar-refractivity contribution in [2.75, 3.05) is 4.72 Å². The molecule has 0 aliphatic rings. The molecule has 0 bridgehead atoms. The van der Waals surface area contributed by atoms with Crippen LogP contribution in [0.1, 0.15) is 49.3 Å². The second-order valence-corrected chi connectivity index (χ2v) is 9.84. The Balaban J connectivity index is 1.89. The van der Waals surface area contributed by atoms with Gasteiger partial charge in [-0.3, -0.25) is 4.72 Å². The molecule has 0 heterocycles. The van der Waals surface area contributed by atoms with Gasteiger partial charge in [-0.25, -0.2) is 13.2 Å². The number of rotatable bonds is 7. The van der Waals surface area contributed by atoms with Crippen LogP contribution in [0.3, 0.4) is 0 Å². The van der Waals surface area contributed by atoms with Crippen LogP contribution < -0.4 is 4.72 Å². The fourth-order valence-electron chi connectivity index (χ4n) is 4.00. The Morgan fingerprint density at radius 3 is 1.88 bits per heavy atom. The molecule has 0 radical (unpaired) electrons. The van der Waals surface area contributed by atoms with E-state index < -0.39 is 16.0 Å². The van der Waals surface area contributed by atoms with Crippen LogP contribution >= 0.6 is 0 Å². The number of sulfonamides is 1. The second-order valence-electron chi connectivity index (χ2n) is 8.22. The number of carboxylic acids is 1. The number of benzene rings is 3. The van der Waals surface area contributed by atoms with Crippen LogP contribution in [0.2, 0.25) is 0 Å². The Bertz CT molecular complexity index is 1250. The first-order valence-corrected chi connectivity index (χ1v) is 12.0. The topological polar surface area (TPSA) is 83.5 Å². The van der Waals surface area contributed by atoms with Crippen LogP contribution in [-0.4, -0.2) is 19.5 Å². The Labute approximate surface area is 190 Å². The van der Waals surface area contributed by atoms with Crippen LogP contribution in [0.25, 0.3) is 0 Å². The van der Waals surface area contributed by atoms with E-state index in [4.69, 9.17) is 5.11 Å². The van der Waals surface area contributed by atoms with Crippen molar-refractivity contribution in [3.63, 3.8) is 0 Å². The summed E-state index contributed by atoms with van der Waals surface area (Å²) in [4.78, 5) is 11.4. The average Bonchev–Trinajstić information content (AvgIpc) is 2.75. The number of hydrogen-bond acceptors (Lipinski definition) is 3. The summed E-state index contributed by atoms with van der Waals surface area (Å²) in [5, 5.41) is 9.05. The smallest absolute Gasteiger partial charge is 0.335 e. The van der Waals surface area contributed by atoms with Crippen molar-refractivity contribution in [3.8, 4) is 0 Å². The van der Waals surface area contributed by atoms with E-state index in [-0.39, 0.29) is 5.56 Å².